The first kappa shape index (κ1) is 28.0. The summed E-state index contributed by atoms with van der Waals surface area (Å²) in [5.74, 6) is -1.96. The highest BCUT2D eigenvalue weighted by molar-refractivity contribution is 7.90. The average Bonchev–Trinajstić information content (AvgIpc) is 3.41. The number of carbonyl (C=O) groups excluding carboxylic acids is 1. The SMILES string of the molecule is CS(=O)(=O)c1ccccc1-n1nc(Cn2nc(-c3ccc(Cl)cc3)n(CC(O)C(F)(F)F)c2=O)nc1C(N)=O. The van der Waals surface area contributed by atoms with Crippen LogP contribution in [-0.2, 0) is 22.9 Å². The van der Waals surface area contributed by atoms with Gasteiger partial charge in [-0.05, 0) is 36.4 Å². The number of para-hydroxylation sites is 1. The van der Waals surface area contributed by atoms with Gasteiger partial charge >= 0.3 is 11.9 Å². The highest BCUT2D eigenvalue weighted by Gasteiger charge is 2.39. The predicted octanol–water partition coefficient (Wildman–Crippen LogP) is 1.42. The molecule has 0 aliphatic heterocycles. The van der Waals surface area contributed by atoms with Crippen molar-refractivity contribution < 1.29 is 31.5 Å². The van der Waals surface area contributed by atoms with Crippen LogP contribution < -0.4 is 11.4 Å². The van der Waals surface area contributed by atoms with E-state index in [2.05, 4.69) is 15.2 Å². The van der Waals surface area contributed by atoms with E-state index in [1.165, 1.54) is 48.5 Å². The molecule has 2 aromatic carbocycles. The summed E-state index contributed by atoms with van der Waals surface area (Å²) < 4.78 is 66.0. The lowest BCUT2D eigenvalue weighted by Gasteiger charge is -2.15. The van der Waals surface area contributed by atoms with E-state index in [0.717, 1.165) is 15.6 Å². The first-order chi connectivity index (χ1) is 18.2. The van der Waals surface area contributed by atoms with Crippen LogP contribution in [0.4, 0.5) is 13.2 Å². The number of sulfone groups is 1. The van der Waals surface area contributed by atoms with Crippen LogP contribution in [0.2, 0.25) is 5.02 Å². The van der Waals surface area contributed by atoms with Crippen molar-refractivity contribution in [1.29, 1.82) is 0 Å². The molecule has 0 bridgehead atoms. The van der Waals surface area contributed by atoms with E-state index < -0.39 is 52.6 Å². The number of carbonyl (C=O) groups is 1. The van der Waals surface area contributed by atoms with Crippen LogP contribution in [0.25, 0.3) is 17.1 Å². The zero-order chi connectivity index (χ0) is 28.7. The summed E-state index contributed by atoms with van der Waals surface area (Å²) in [4.78, 5) is 29.0. The Morgan fingerprint density at radius 3 is 2.36 bits per heavy atom. The Morgan fingerprint density at radius 2 is 1.77 bits per heavy atom. The monoisotopic (exact) mass is 585 g/mol. The molecule has 0 radical (unpaired) electrons. The van der Waals surface area contributed by atoms with Crippen molar-refractivity contribution in [1.82, 2.24) is 29.1 Å². The van der Waals surface area contributed by atoms with Gasteiger partial charge in [0.2, 0.25) is 5.82 Å². The van der Waals surface area contributed by atoms with Gasteiger partial charge in [0.15, 0.2) is 27.6 Å². The Hall–Kier alpha value is -4.02. The standard InChI is InChI=1S/C22H19ClF3N7O5S/c1-39(37,38)15-5-3-2-4-14(15)33-20(18(27)35)28-17(29-33)11-32-21(36)31(10-16(34)22(24,25)26)19(30-32)12-6-8-13(23)9-7-12/h2-9,16,34H,10-11H2,1H3,(H2,27,35). The molecule has 1 unspecified atom stereocenters. The van der Waals surface area contributed by atoms with Crippen molar-refractivity contribution >= 4 is 27.3 Å². The van der Waals surface area contributed by atoms with Gasteiger partial charge in [0.05, 0.1) is 17.1 Å². The number of primary amides is 1. The van der Waals surface area contributed by atoms with Crippen LogP contribution >= 0.6 is 11.6 Å². The molecule has 2 aromatic heterocycles. The molecule has 0 spiro atoms. The van der Waals surface area contributed by atoms with Crippen LogP contribution in [0.1, 0.15) is 16.4 Å². The summed E-state index contributed by atoms with van der Waals surface area (Å²) in [6.07, 6.45) is -6.93. The first-order valence-corrected chi connectivity index (χ1v) is 13.2. The quantitative estimate of drug-likeness (QED) is 0.313. The van der Waals surface area contributed by atoms with Gasteiger partial charge in [-0.15, -0.1) is 10.2 Å². The van der Waals surface area contributed by atoms with E-state index in [0.29, 0.717) is 9.59 Å². The fourth-order valence-electron chi connectivity index (χ4n) is 3.63. The third-order valence-electron chi connectivity index (χ3n) is 5.41. The number of hydrogen-bond donors (Lipinski definition) is 2. The molecule has 2 heterocycles. The highest BCUT2D eigenvalue weighted by atomic mass is 35.5. The second kappa shape index (κ2) is 10.3. The Kier molecular flexibility index (Phi) is 7.38. The lowest BCUT2D eigenvalue weighted by molar-refractivity contribution is -0.207. The third-order valence-corrected chi connectivity index (χ3v) is 6.81. The Bertz CT molecular complexity index is 1710. The van der Waals surface area contributed by atoms with Gasteiger partial charge in [-0.3, -0.25) is 9.36 Å². The predicted molar refractivity (Wildman–Crippen MR) is 131 cm³/mol. The minimum atomic E-state index is -5.01. The lowest BCUT2D eigenvalue weighted by atomic mass is 10.2. The van der Waals surface area contributed by atoms with Crippen molar-refractivity contribution in [2.24, 2.45) is 5.73 Å². The molecule has 0 aliphatic carbocycles. The molecule has 4 rings (SSSR count). The number of hydrogen-bond acceptors (Lipinski definition) is 8. The number of benzene rings is 2. The van der Waals surface area contributed by atoms with Gasteiger partial charge in [0, 0.05) is 16.8 Å². The number of halogens is 4. The molecule has 12 nitrogen and oxygen atoms in total. The van der Waals surface area contributed by atoms with Crippen molar-refractivity contribution in [3.05, 3.63) is 75.7 Å². The largest absolute Gasteiger partial charge is 0.416 e. The Balaban J connectivity index is 1.82. The van der Waals surface area contributed by atoms with E-state index in [-0.39, 0.29) is 27.8 Å². The number of aliphatic hydroxyl groups excluding tert-OH is 1. The number of aliphatic hydroxyl groups is 1. The van der Waals surface area contributed by atoms with Crippen molar-refractivity contribution in [3.63, 3.8) is 0 Å². The smallest absolute Gasteiger partial charge is 0.382 e. The van der Waals surface area contributed by atoms with E-state index >= 15 is 0 Å². The number of amides is 1. The molecule has 17 heteroatoms. The van der Waals surface area contributed by atoms with Crippen molar-refractivity contribution in [3.8, 4) is 17.1 Å². The summed E-state index contributed by atoms with van der Waals surface area (Å²) >= 11 is 5.88. The van der Waals surface area contributed by atoms with Crippen LogP contribution in [0, 0.1) is 0 Å². The number of nitrogens with two attached hydrogens (primary N) is 1. The Labute approximate surface area is 223 Å². The van der Waals surface area contributed by atoms with Gasteiger partial charge in [-0.1, -0.05) is 23.7 Å². The maximum atomic E-state index is 13.1. The summed E-state index contributed by atoms with van der Waals surface area (Å²) in [7, 11) is -3.78. The van der Waals surface area contributed by atoms with Gasteiger partial charge in [0.25, 0.3) is 5.91 Å². The number of alkyl halides is 3. The van der Waals surface area contributed by atoms with Gasteiger partial charge in [-0.25, -0.2) is 27.6 Å². The minimum absolute atomic E-state index is 0.0411. The fraction of sp³-hybridized carbons (Fsp3) is 0.227. The van der Waals surface area contributed by atoms with Crippen molar-refractivity contribution in [2.75, 3.05) is 6.26 Å². The van der Waals surface area contributed by atoms with E-state index in [1.807, 2.05) is 0 Å². The third kappa shape index (κ3) is 5.86. The van der Waals surface area contributed by atoms with E-state index in [9.17, 15) is 36.3 Å². The average molecular weight is 586 g/mol. The van der Waals surface area contributed by atoms with Gasteiger partial charge < -0.3 is 10.8 Å². The number of nitrogens with zero attached hydrogens (tertiary/aromatic N) is 6. The second-order valence-corrected chi connectivity index (χ2v) is 10.7. The lowest BCUT2D eigenvalue weighted by Crippen LogP contribution is -2.37. The van der Waals surface area contributed by atoms with Crippen LogP contribution in [-0.4, -0.2) is 67.1 Å². The molecule has 0 fully saturated rings. The molecule has 4 aromatic rings. The second-order valence-electron chi connectivity index (χ2n) is 8.31. The zero-order valence-corrected chi connectivity index (χ0v) is 21.4. The molecular weight excluding hydrogens is 567 g/mol. The first-order valence-electron chi connectivity index (χ1n) is 10.9. The molecule has 39 heavy (non-hydrogen) atoms. The van der Waals surface area contributed by atoms with E-state index in [1.54, 1.807) is 0 Å². The topological polar surface area (TPSA) is 168 Å². The highest BCUT2D eigenvalue weighted by Crippen LogP contribution is 2.24. The molecule has 0 saturated carbocycles. The summed E-state index contributed by atoms with van der Waals surface area (Å²) in [6.45, 7) is -1.70. The minimum Gasteiger partial charge on any atom is -0.382 e. The van der Waals surface area contributed by atoms with E-state index in [4.69, 9.17) is 17.3 Å². The maximum absolute atomic E-state index is 13.1. The summed E-state index contributed by atoms with van der Waals surface area (Å²) in [5.41, 5.74) is 4.55. The van der Waals surface area contributed by atoms with Crippen molar-refractivity contribution in [2.45, 2.75) is 30.3 Å². The van der Waals surface area contributed by atoms with Gasteiger partial charge in [-0.2, -0.15) is 13.2 Å². The molecule has 1 atom stereocenters. The summed E-state index contributed by atoms with van der Waals surface area (Å²) in [6, 6.07) is 11.3. The Morgan fingerprint density at radius 1 is 1.13 bits per heavy atom. The molecule has 206 valence electrons. The molecule has 0 aliphatic rings. The fourth-order valence-corrected chi connectivity index (χ4v) is 4.61. The molecule has 1 amide bonds. The van der Waals surface area contributed by atoms with Gasteiger partial charge in [0.1, 0.15) is 6.54 Å². The molecule has 0 saturated heterocycles. The normalized spacial score (nSPS) is 13.0. The number of aromatic nitrogens is 6. The molecular formula is C22H19ClF3N7O5S. The summed E-state index contributed by atoms with van der Waals surface area (Å²) in [5, 5.41) is 18.2. The zero-order valence-electron chi connectivity index (χ0n) is 19.9. The maximum Gasteiger partial charge on any atom is 0.416 e. The van der Waals surface area contributed by atoms with Crippen LogP contribution in [0.15, 0.2) is 58.2 Å². The van der Waals surface area contributed by atoms with Crippen LogP contribution in [0.3, 0.4) is 0 Å². The molecule has 3 N–H and O–H groups in total. The number of rotatable bonds is 8. The van der Waals surface area contributed by atoms with Crippen LogP contribution in [0.5, 0.6) is 0 Å².